The van der Waals surface area contributed by atoms with Gasteiger partial charge in [0.15, 0.2) is 6.10 Å². The molecule has 118 valence electrons. The molecule has 2 fully saturated rings. The third kappa shape index (κ3) is 2.72. The molecular formula is C20H21NO2. The molecule has 0 radical (unpaired) electrons. The largest absolute Gasteiger partial charge is 0.481 e. The number of ether oxygens (including phenoxy) is 1. The van der Waals surface area contributed by atoms with E-state index in [-0.39, 0.29) is 18.1 Å². The van der Waals surface area contributed by atoms with Crippen molar-refractivity contribution in [2.75, 3.05) is 0 Å². The Hall–Kier alpha value is -2.29. The fourth-order valence-corrected chi connectivity index (χ4v) is 3.92. The van der Waals surface area contributed by atoms with Gasteiger partial charge < -0.3 is 9.64 Å². The summed E-state index contributed by atoms with van der Waals surface area (Å²) in [5.74, 6) is 0.925. The van der Waals surface area contributed by atoms with Crippen LogP contribution in [0.5, 0.6) is 5.75 Å². The second kappa shape index (κ2) is 6.07. The smallest absolute Gasteiger partial charge is 0.264 e. The zero-order valence-electron chi connectivity index (χ0n) is 13.1. The van der Waals surface area contributed by atoms with Crippen LogP contribution in [0.1, 0.15) is 37.3 Å². The van der Waals surface area contributed by atoms with Gasteiger partial charge in [0.1, 0.15) is 5.75 Å². The van der Waals surface area contributed by atoms with Crippen molar-refractivity contribution in [3.63, 3.8) is 0 Å². The van der Waals surface area contributed by atoms with E-state index in [2.05, 4.69) is 29.2 Å². The lowest BCUT2D eigenvalue weighted by Gasteiger charge is -2.37. The van der Waals surface area contributed by atoms with E-state index in [1.54, 1.807) is 0 Å². The predicted molar refractivity (Wildman–Crippen MR) is 89.1 cm³/mol. The number of carbonyl (C=O) groups is 1. The highest BCUT2D eigenvalue weighted by molar-refractivity contribution is 5.84. The second-order valence-corrected chi connectivity index (χ2v) is 6.41. The van der Waals surface area contributed by atoms with Gasteiger partial charge in [0, 0.05) is 12.5 Å². The number of fused-ring (bicyclic) bond motifs is 1. The molecule has 23 heavy (non-hydrogen) atoms. The van der Waals surface area contributed by atoms with E-state index in [1.807, 2.05) is 36.4 Å². The van der Waals surface area contributed by atoms with Crippen LogP contribution in [0.4, 0.5) is 0 Å². The average Bonchev–Trinajstić information content (AvgIpc) is 2.93. The van der Waals surface area contributed by atoms with E-state index in [0.29, 0.717) is 6.04 Å². The van der Waals surface area contributed by atoms with Crippen molar-refractivity contribution in [3.05, 3.63) is 66.2 Å². The Labute approximate surface area is 136 Å². The Morgan fingerprint density at radius 3 is 2.35 bits per heavy atom. The minimum absolute atomic E-state index is 0.146. The van der Waals surface area contributed by atoms with Crippen molar-refractivity contribution in [2.45, 2.75) is 43.9 Å². The van der Waals surface area contributed by atoms with Gasteiger partial charge in [0.25, 0.3) is 5.91 Å². The summed E-state index contributed by atoms with van der Waals surface area (Å²) in [7, 11) is 0. The zero-order chi connectivity index (χ0) is 15.6. The summed E-state index contributed by atoms with van der Waals surface area (Å²) < 4.78 is 5.97. The molecule has 0 bridgehead atoms. The Kier molecular flexibility index (Phi) is 3.78. The molecule has 2 aromatic rings. The number of nitrogens with zero attached hydrogens (tertiary/aromatic N) is 1. The number of hydrogen-bond donors (Lipinski definition) is 0. The maximum Gasteiger partial charge on any atom is 0.264 e. The monoisotopic (exact) mass is 307 g/mol. The van der Waals surface area contributed by atoms with E-state index >= 15 is 0 Å². The highest BCUT2D eigenvalue weighted by atomic mass is 16.5. The molecule has 0 aliphatic carbocycles. The fraction of sp³-hybridized carbons (Fsp3) is 0.350. The van der Waals surface area contributed by atoms with Crippen LogP contribution in [0, 0.1) is 0 Å². The van der Waals surface area contributed by atoms with E-state index < -0.39 is 0 Å². The van der Waals surface area contributed by atoms with Gasteiger partial charge in [-0.3, -0.25) is 4.79 Å². The van der Waals surface area contributed by atoms with Crippen molar-refractivity contribution in [2.24, 2.45) is 0 Å². The molecule has 0 spiro atoms. The van der Waals surface area contributed by atoms with Gasteiger partial charge in [-0.2, -0.15) is 0 Å². The minimum atomic E-state index is -0.341. The molecule has 3 heteroatoms. The van der Waals surface area contributed by atoms with Gasteiger partial charge in [-0.15, -0.1) is 0 Å². The van der Waals surface area contributed by atoms with E-state index in [4.69, 9.17) is 4.74 Å². The first kappa shape index (κ1) is 14.3. The minimum Gasteiger partial charge on any atom is -0.481 e. The number of hydrogen-bond acceptors (Lipinski definition) is 2. The van der Waals surface area contributed by atoms with Crippen LogP contribution in [-0.2, 0) is 4.79 Å². The van der Waals surface area contributed by atoms with Gasteiger partial charge in [0.05, 0.1) is 6.04 Å². The topological polar surface area (TPSA) is 29.5 Å². The number of para-hydroxylation sites is 1. The molecule has 4 rings (SSSR count). The van der Waals surface area contributed by atoms with Gasteiger partial charge in [-0.05, 0) is 37.0 Å². The molecular weight excluding hydrogens is 286 g/mol. The third-order valence-electron chi connectivity index (χ3n) is 4.97. The van der Waals surface area contributed by atoms with E-state index in [0.717, 1.165) is 25.0 Å². The Bertz CT molecular complexity index is 671. The van der Waals surface area contributed by atoms with Crippen molar-refractivity contribution in [1.82, 2.24) is 4.90 Å². The highest BCUT2D eigenvalue weighted by Gasteiger charge is 2.46. The second-order valence-electron chi connectivity index (χ2n) is 6.41. The average molecular weight is 307 g/mol. The van der Waals surface area contributed by atoms with Crippen molar-refractivity contribution in [3.8, 4) is 5.75 Å². The quantitative estimate of drug-likeness (QED) is 0.859. The molecule has 0 aromatic heterocycles. The molecule has 0 saturated carbocycles. The molecule has 2 aromatic carbocycles. The van der Waals surface area contributed by atoms with Gasteiger partial charge in [-0.1, -0.05) is 48.5 Å². The normalized spacial score (nSPS) is 26.9. The maximum atomic E-state index is 12.9. The molecule has 0 N–H and O–H groups in total. The number of benzene rings is 2. The van der Waals surface area contributed by atoms with Gasteiger partial charge in [0.2, 0.25) is 0 Å². The zero-order valence-corrected chi connectivity index (χ0v) is 13.1. The molecule has 3 atom stereocenters. The van der Waals surface area contributed by atoms with Crippen molar-refractivity contribution < 1.29 is 9.53 Å². The Balaban J connectivity index is 1.56. The lowest BCUT2D eigenvalue weighted by molar-refractivity contribution is -0.137. The first-order valence-electron chi connectivity index (χ1n) is 8.42. The summed E-state index contributed by atoms with van der Waals surface area (Å²) in [6.07, 6.45) is 3.77. The van der Waals surface area contributed by atoms with Crippen molar-refractivity contribution >= 4 is 5.91 Å². The summed E-state index contributed by atoms with van der Waals surface area (Å²) in [5, 5.41) is 0. The van der Waals surface area contributed by atoms with Crippen molar-refractivity contribution in [1.29, 1.82) is 0 Å². The molecule has 2 heterocycles. The predicted octanol–water partition coefficient (Wildman–Crippen LogP) is 3.96. The summed E-state index contributed by atoms with van der Waals surface area (Å²) in [5.41, 5.74) is 1.24. The molecule has 2 aliphatic heterocycles. The standard InChI is InChI=1S/C20H21NO2/c22-20-19(23-17-11-5-2-6-12-17)14-16-10-7-13-18(21(16)20)15-8-3-1-4-9-15/h1-6,8-9,11-12,16,18-19H,7,10,13-14H2/t16-,18-,19+/m1/s1. The molecule has 2 saturated heterocycles. The van der Waals surface area contributed by atoms with Crippen LogP contribution in [0.3, 0.4) is 0 Å². The fourth-order valence-electron chi connectivity index (χ4n) is 3.92. The molecule has 3 nitrogen and oxygen atoms in total. The van der Waals surface area contributed by atoms with Crippen LogP contribution in [0.15, 0.2) is 60.7 Å². The highest BCUT2D eigenvalue weighted by Crippen LogP contribution is 2.40. The Morgan fingerprint density at radius 2 is 1.61 bits per heavy atom. The van der Waals surface area contributed by atoms with E-state index in [1.165, 1.54) is 12.0 Å². The summed E-state index contributed by atoms with van der Waals surface area (Å²) in [4.78, 5) is 15.0. The summed E-state index contributed by atoms with van der Waals surface area (Å²) >= 11 is 0. The van der Waals surface area contributed by atoms with Crippen LogP contribution in [0.25, 0.3) is 0 Å². The van der Waals surface area contributed by atoms with Gasteiger partial charge in [-0.25, -0.2) is 0 Å². The van der Waals surface area contributed by atoms with E-state index in [9.17, 15) is 4.79 Å². The summed E-state index contributed by atoms with van der Waals surface area (Å²) in [6.45, 7) is 0. The van der Waals surface area contributed by atoms with Crippen LogP contribution in [0.2, 0.25) is 0 Å². The maximum absolute atomic E-state index is 12.9. The van der Waals surface area contributed by atoms with Crippen LogP contribution < -0.4 is 4.74 Å². The lowest BCUT2D eigenvalue weighted by atomic mass is 9.92. The first-order chi connectivity index (χ1) is 11.3. The lowest BCUT2D eigenvalue weighted by Crippen LogP contribution is -2.41. The summed E-state index contributed by atoms with van der Waals surface area (Å²) in [6, 6.07) is 20.6. The van der Waals surface area contributed by atoms with Crippen LogP contribution in [-0.4, -0.2) is 23.0 Å². The SMILES string of the molecule is O=C1[C@@H](Oc2ccccc2)C[C@H]2CCC[C@H](c3ccccc3)N12. The molecule has 1 amide bonds. The number of amides is 1. The molecule has 2 aliphatic rings. The first-order valence-corrected chi connectivity index (χ1v) is 8.42. The molecule has 0 unspecified atom stereocenters. The van der Waals surface area contributed by atoms with Crippen LogP contribution >= 0.6 is 0 Å². The van der Waals surface area contributed by atoms with Gasteiger partial charge >= 0.3 is 0 Å². The number of piperidine rings is 1. The Morgan fingerprint density at radius 1 is 0.913 bits per heavy atom. The number of carbonyl (C=O) groups excluding carboxylic acids is 1. The number of rotatable bonds is 3. The third-order valence-corrected chi connectivity index (χ3v) is 4.97.